The van der Waals surface area contributed by atoms with Gasteiger partial charge in [0.1, 0.15) is 6.20 Å². The molecule has 0 saturated carbocycles. The molecule has 0 aromatic carbocycles. The molecule has 0 aliphatic carbocycles. The van der Waals surface area contributed by atoms with Crippen LogP contribution in [0, 0.1) is 0 Å². The Kier molecular flexibility index (Phi) is 4.00. The van der Waals surface area contributed by atoms with E-state index in [2.05, 4.69) is 22.6 Å². The molecule has 1 aromatic heterocycles. The maximum absolute atomic E-state index is 5.49. The van der Waals surface area contributed by atoms with Gasteiger partial charge in [-0.25, -0.2) is 0 Å². The van der Waals surface area contributed by atoms with E-state index in [0.29, 0.717) is 5.88 Å². The van der Waals surface area contributed by atoms with E-state index in [-0.39, 0.29) is 6.10 Å². The van der Waals surface area contributed by atoms with Crippen molar-refractivity contribution in [3.63, 3.8) is 0 Å². The SMILES string of the molecule is CCCCC(C)Oc1cnsn1. The minimum absolute atomic E-state index is 0.258. The molecular formula is C8H14N2OS. The Balaban J connectivity index is 2.22. The van der Waals surface area contributed by atoms with Crippen LogP contribution >= 0.6 is 11.7 Å². The number of unbranched alkanes of at least 4 members (excludes halogenated alkanes) is 1. The van der Waals surface area contributed by atoms with Crippen molar-refractivity contribution in [1.29, 1.82) is 0 Å². The number of aromatic nitrogens is 2. The molecule has 68 valence electrons. The molecule has 1 aromatic rings. The van der Waals surface area contributed by atoms with E-state index in [0.717, 1.165) is 6.42 Å². The third kappa shape index (κ3) is 3.17. The lowest BCUT2D eigenvalue weighted by molar-refractivity contribution is 0.201. The predicted molar refractivity (Wildman–Crippen MR) is 49.5 cm³/mol. The average Bonchev–Trinajstić information content (AvgIpc) is 2.53. The van der Waals surface area contributed by atoms with Gasteiger partial charge in [0.2, 0.25) is 5.88 Å². The standard InChI is InChI=1S/C8H14N2OS/c1-3-4-5-7(2)11-8-6-9-12-10-8/h6-7H,3-5H2,1-2H3. The normalized spacial score (nSPS) is 12.8. The van der Waals surface area contributed by atoms with Crippen LogP contribution in [0.1, 0.15) is 33.1 Å². The molecule has 12 heavy (non-hydrogen) atoms. The highest BCUT2D eigenvalue weighted by Crippen LogP contribution is 2.11. The Morgan fingerprint density at radius 3 is 3.08 bits per heavy atom. The zero-order valence-electron chi connectivity index (χ0n) is 7.49. The van der Waals surface area contributed by atoms with Crippen molar-refractivity contribution in [2.45, 2.75) is 39.2 Å². The van der Waals surface area contributed by atoms with E-state index in [1.165, 1.54) is 24.6 Å². The highest BCUT2D eigenvalue weighted by molar-refractivity contribution is 6.99. The van der Waals surface area contributed by atoms with E-state index < -0.39 is 0 Å². The number of nitrogens with zero attached hydrogens (tertiary/aromatic N) is 2. The summed E-state index contributed by atoms with van der Waals surface area (Å²) < 4.78 is 13.3. The van der Waals surface area contributed by atoms with Crippen molar-refractivity contribution in [3.8, 4) is 5.88 Å². The number of ether oxygens (including phenoxy) is 1. The first-order chi connectivity index (χ1) is 5.83. The Bertz CT molecular complexity index is 201. The lowest BCUT2D eigenvalue weighted by Gasteiger charge is -2.10. The van der Waals surface area contributed by atoms with Crippen LogP contribution in [0.3, 0.4) is 0 Å². The topological polar surface area (TPSA) is 35.0 Å². The van der Waals surface area contributed by atoms with Crippen LogP contribution in [-0.4, -0.2) is 14.9 Å². The quantitative estimate of drug-likeness (QED) is 0.708. The smallest absolute Gasteiger partial charge is 0.245 e. The summed E-state index contributed by atoms with van der Waals surface area (Å²) in [4.78, 5) is 0. The zero-order valence-corrected chi connectivity index (χ0v) is 8.30. The van der Waals surface area contributed by atoms with E-state index in [1.807, 2.05) is 0 Å². The fourth-order valence-electron chi connectivity index (χ4n) is 0.965. The second-order valence-electron chi connectivity index (χ2n) is 2.82. The van der Waals surface area contributed by atoms with Crippen molar-refractivity contribution in [2.75, 3.05) is 0 Å². The summed E-state index contributed by atoms with van der Waals surface area (Å²) in [5.41, 5.74) is 0. The maximum Gasteiger partial charge on any atom is 0.245 e. The molecule has 0 radical (unpaired) electrons. The minimum atomic E-state index is 0.258. The van der Waals surface area contributed by atoms with E-state index >= 15 is 0 Å². The van der Waals surface area contributed by atoms with Gasteiger partial charge in [-0.2, -0.15) is 4.37 Å². The van der Waals surface area contributed by atoms with Crippen LogP contribution < -0.4 is 4.74 Å². The van der Waals surface area contributed by atoms with Crippen molar-refractivity contribution in [3.05, 3.63) is 6.20 Å². The Morgan fingerprint density at radius 1 is 1.67 bits per heavy atom. The summed E-state index contributed by atoms with van der Waals surface area (Å²) in [6.07, 6.45) is 5.43. The van der Waals surface area contributed by atoms with E-state index in [4.69, 9.17) is 4.74 Å². The molecule has 0 N–H and O–H groups in total. The van der Waals surface area contributed by atoms with E-state index in [9.17, 15) is 0 Å². The van der Waals surface area contributed by atoms with Gasteiger partial charge in [-0.1, -0.05) is 19.8 Å². The molecular weight excluding hydrogens is 172 g/mol. The van der Waals surface area contributed by atoms with Crippen LogP contribution in [0.25, 0.3) is 0 Å². The lowest BCUT2D eigenvalue weighted by Crippen LogP contribution is -2.11. The number of rotatable bonds is 5. The molecule has 1 rings (SSSR count). The van der Waals surface area contributed by atoms with Crippen molar-refractivity contribution < 1.29 is 4.74 Å². The van der Waals surface area contributed by atoms with Gasteiger partial charge < -0.3 is 4.74 Å². The van der Waals surface area contributed by atoms with Crippen LogP contribution in [0.2, 0.25) is 0 Å². The van der Waals surface area contributed by atoms with Crippen LogP contribution in [0.15, 0.2) is 6.20 Å². The summed E-state index contributed by atoms with van der Waals surface area (Å²) in [7, 11) is 0. The van der Waals surface area contributed by atoms with Gasteiger partial charge in [0.15, 0.2) is 0 Å². The molecule has 3 nitrogen and oxygen atoms in total. The third-order valence-corrected chi connectivity index (χ3v) is 2.09. The molecule has 0 spiro atoms. The lowest BCUT2D eigenvalue weighted by atomic mass is 10.2. The second kappa shape index (κ2) is 5.09. The van der Waals surface area contributed by atoms with Gasteiger partial charge in [-0.3, -0.25) is 0 Å². The summed E-state index contributed by atoms with van der Waals surface area (Å²) in [6, 6.07) is 0. The first kappa shape index (κ1) is 9.45. The van der Waals surface area contributed by atoms with Gasteiger partial charge in [-0.15, -0.1) is 4.37 Å². The van der Waals surface area contributed by atoms with Crippen molar-refractivity contribution in [1.82, 2.24) is 8.75 Å². The van der Waals surface area contributed by atoms with Gasteiger partial charge in [-0.05, 0) is 13.3 Å². The third-order valence-electron chi connectivity index (χ3n) is 1.63. The van der Waals surface area contributed by atoms with Gasteiger partial charge in [0.05, 0.1) is 17.8 Å². The monoisotopic (exact) mass is 186 g/mol. The Hall–Kier alpha value is -0.640. The second-order valence-corrected chi connectivity index (χ2v) is 3.37. The molecule has 0 fully saturated rings. The summed E-state index contributed by atoms with van der Waals surface area (Å²) in [5.74, 6) is 0.656. The van der Waals surface area contributed by atoms with Crippen LogP contribution in [0.4, 0.5) is 0 Å². The number of hydrogen-bond donors (Lipinski definition) is 0. The molecule has 0 aliphatic rings. The predicted octanol–water partition coefficient (Wildman–Crippen LogP) is 2.50. The van der Waals surface area contributed by atoms with Crippen molar-refractivity contribution in [2.24, 2.45) is 0 Å². The fraction of sp³-hybridized carbons (Fsp3) is 0.750. The Labute approximate surface area is 77.1 Å². The first-order valence-electron chi connectivity index (χ1n) is 4.27. The zero-order chi connectivity index (χ0) is 8.81. The summed E-state index contributed by atoms with van der Waals surface area (Å²) in [5, 5.41) is 0. The molecule has 1 heterocycles. The molecule has 0 amide bonds. The first-order valence-corrected chi connectivity index (χ1v) is 5.00. The molecule has 1 atom stereocenters. The van der Waals surface area contributed by atoms with E-state index in [1.54, 1.807) is 6.20 Å². The number of hydrogen-bond acceptors (Lipinski definition) is 4. The van der Waals surface area contributed by atoms with Crippen LogP contribution in [0.5, 0.6) is 5.88 Å². The molecule has 0 bridgehead atoms. The Morgan fingerprint density at radius 2 is 2.50 bits per heavy atom. The summed E-state index contributed by atoms with van der Waals surface area (Å²) >= 11 is 1.18. The molecule has 1 unspecified atom stereocenters. The molecule has 0 aliphatic heterocycles. The average molecular weight is 186 g/mol. The van der Waals surface area contributed by atoms with Crippen molar-refractivity contribution >= 4 is 11.7 Å². The van der Waals surface area contributed by atoms with Crippen LogP contribution in [-0.2, 0) is 0 Å². The van der Waals surface area contributed by atoms with Gasteiger partial charge in [0.25, 0.3) is 0 Å². The van der Waals surface area contributed by atoms with Gasteiger partial charge >= 0.3 is 0 Å². The molecule has 0 saturated heterocycles. The largest absolute Gasteiger partial charge is 0.473 e. The highest BCUT2D eigenvalue weighted by Gasteiger charge is 2.04. The fourth-order valence-corrected chi connectivity index (χ4v) is 1.32. The molecule has 4 heteroatoms. The maximum atomic E-state index is 5.49. The minimum Gasteiger partial charge on any atom is -0.473 e. The summed E-state index contributed by atoms with van der Waals surface area (Å²) in [6.45, 7) is 4.24. The highest BCUT2D eigenvalue weighted by atomic mass is 32.1. The van der Waals surface area contributed by atoms with Gasteiger partial charge in [0, 0.05) is 0 Å².